The molecule has 0 aliphatic rings. The monoisotopic (exact) mass is 386 g/mol. The maximum absolute atomic E-state index is 12.8. The Hall–Kier alpha value is -0.673. The molecule has 0 amide bonds. The minimum atomic E-state index is -4.66. The summed E-state index contributed by atoms with van der Waals surface area (Å²) >= 11 is 2.87. The number of carbonyl (C=O) groups is 1. The second kappa shape index (κ2) is 7.06. The quantitative estimate of drug-likeness (QED) is 0.310. The van der Waals surface area contributed by atoms with Crippen molar-refractivity contribution in [3.8, 4) is 0 Å². The fourth-order valence-electron chi connectivity index (χ4n) is 1.51. The second-order valence-electron chi connectivity index (χ2n) is 5.83. The van der Waals surface area contributed by atoms with Gasteiger partial charge in [0.25, 0.3) is 0 Å². The fourth-order valence-corrected chi connectivity index (χ4v) is 2.57. The molecule has 0 saturated carbocycles. The lowest BCUT2D eigenvalue weighted by molar-refractivity contribution is -0.142. The number of hydrogen-bond donors (Lipinski definition) is 0. The van der Waals surface area contributed by atoms with E-state index in [1.54, 1.807) is 0 Å². The van der Waals surface area contributed by atoms with E-state index in [0.29, 0.717) is 6.61 Å². The van der Waals surface area contributed by atoms with Crippen LogP contribution in [-0.2, 0) is 17.6 Å². The largest absolute Gasteiger partial charge is 0.435 e. The molecule has 0 fully saturated rings. The highest BCUT2D eigenvalue weighted by Crippen LogP contribution is 2.31. The molecular formula is C12H18BrF3N2O2Si. The van der Waals surface area contributed by atoms with Crippen LogP contribution in [0, 0.1) is 0 Å². The SMILES string of the molecule is C[Si](C)(C)CCOCn1cc(C(=O)CBr)c(C(F)(F)F)n1. The van der Waals surface area contributed by atoms with Crippen LogP contribution in [0.25, 0.3) is 0 Å². The standard InChI is InChI=1S/C12H18BrF3N2O2Si/c1-21(2,3)5-4-20-8-18-7-9(10(19)6-13)11(17-18)12(14,15)16/h7H,4-6,8H2,1-3H3. The summed E-state index contributed by atoms with van der Waals surface area (Å²) in [5.41, 5.74) is -1.60. The molecule has 9 heteroatoms. The molecule has 0 radical (unpaired) electrons. The summed E-state index contributed by atoms with van der Waals surface area (Å²) in [7, 11) is -1.25. The first kappa shape index (κ1) is 18.4. The van der Waals surface area contributed by atoms with Gasteiger partial charge in [0.15, 0.2) is 11.5 Å². The van der Waals surface area contributed by atoms with Crippen molar-refractivity contribution in [1.82, 2.24) is 9.78 Å². The molecule has 0 spiro atoms. The van der Waals surface area contributed by atoms with Gasteiger partial charge in [-0.1, -0.05) is 35.6 Å². The molecule has 120 valence electrons. The predicted molar refractivity (Wildman–Crippen MR) is 79.5 cm³/mol. The van der Waals surface area contributed by atoms with Gasteiger partial charge in [0.2, 0.25) is 0 Å². The Morgan fingerprint density at radius 3 is 2.52 bits per heavy atom. The summed E-state index contributed by atoms with van der Waals surface area (Å²) in [6, 6.07) is 0.910. The number of ether oxygens (including phenoxy) is 1. The topological polar surface area (TPSA) is 44.1 Å². The average molecular weight is 387 g/mol. The third-order valence-electron chi connectivity index (χ3n) is 2.67. The van der Waals surface area contributed by atoms with Crippen LogP contribution < -0.4 is 0 Å². The van der Waals surface area contributed by atoms with E-state index in [1.165, 1.54) is 0 Å². The lowest BCUT2D eigenvalue weighted by Crippen LogP contribution is -2.22. The van der Waals surface area contributed by atoms with Gasteiger partial charge in [-0.3, -0.25) is 4.79 Å². The number of Topliss-reactive ketones (excluding diaryl/α,β-unsaturated/α-hetero) is 1. The van der Waals surface area contributed by atoms with E-state index in [2.05, 4.69) is 40.7 Å². The highest BCUT2D eigenvalue weighted by molar-refractivity contribution is 9.09. The summed E-state index contributed by atoms with van der Waals surface area (Å²) < 4.78 is 44.8. The van der Waals surface area contributed by atoms with Gasteiger partial charge in [0.05, 0.1) is 10.9 Å². The molecule has 0 aliphatic carbocycles. The van der Waals surface area contributed by atoms with E-state index in [4.69, 9.17) is 4.74 Å². The molecule has 0 atom stereocenters. The first-order valence-corrected chi connectivity index (χ1v) is 11.2. The molecule has 0 aromatic carbocycles. The summed E-state index contributed by atoms with van der Waals surface area (Å²) in [5, 5.41) is 3.24. The average Bonchev–Trinajstić information content (AvgIpc) is 2.76. The second-order valence-corrected chi connectivity index (χ2v) is 12.0. The number of ketones is 1. The van der Waals surface area contributed by atoms with Crippen molar-refractivity contribution in [2.24, 2.45) is 0 Å². The number of hydrogen-bond acceptors (Lipinski definition) is 3. The molecule has 1 aromatic heterocycles. The number of halogens is 4. The van der Waals surface area contributed by atoms with Crippen LogP contribution in [-0.4, -0.2) is 35.6 Å². The Kier molecular flexibility index (Phi) is 6.18. The predicted octanol–water partition coefficient (Wildman–Crippen LogP) is 3.79. The van der Waals surface area contributed by atoms with Crippen molar-refractivity contribution in [3.63, 3.8) is 0 Å². The van der Waals surface area contributed by atoms with Crippen molar-refractivity contribution in [2.45, 2.75) is 38.6 Å². The third-order valence-corrected chi connectivity index (χ3v) is 4.89. The van der Waals surface area contributed by atoms with Gasteiger partial charge in [0, 0.05) is 20.9 Å². The molecule has 21 heavy (non-hydrogen) atoms. The van der Waals surface area contributed by atoms with Crippen LogP contribution in [0.4, 0.5) is 13.2 Å². The summed E-state index contributed by atoms with van der Waals surface area (Å²) in [5.74, 6) is -0.657. The maximum atomic E-state index is 12.8. The number of rotatable bonds is 7. The van der Waals surface area contributed by atoms with Gasteiger partial charge >= 0.3 is 6.18 Å². The number of nitrogens with zero attached hydrogens (tertiary/aromatic N) is 2. The maximum Gasteiger partial charge on any atom is 0.435 e. The van der Waals surface area contributed by atoms with Gasteiger partial charge < -0.3 is 4.74 Å². The van der Waals surface area contributed by atoms with Gasteiger partial charge in [-0.05, 0) is 6.04 Å². The van der Waals surface area contributed by atoms with E-state index in [0.717, 1.165) is 16.9 Å². The summed E-state index contributed by atoms with van der Waals surface area (Å²) in [6.45, 7) is 6.91. The fraction of sp³-hybridized carbons (Fsp3) is 0.667. The third kappa shape index (κ3) is 5.91. The van der Waals surface area contributed by atoms with Gasteiger partial charge in [-0.15, -0.1) is 0 Å². The normalized spacial score (nSPS) is 12.7. The first-order chi connectivity index (χ1) is 9.54. The molecule has 0 unspecified atom stereocenters. The number of carbonyl (C=O) groups excluding carboxylic acids is 1. The first-order valence-electron chi connectivity index (χ1n) is 6.36. The number of alkyl halides is 4. The smallest absolute Gasteiger partial charge is 0.360 e. The zero-order valence-corrected chi connectivity index (χ0v) is 14.7. The zero-order chi connectivity index (χ0) is 16.3. The Morgan fingerprint density at radius 1 is 1.43 bits per heavy atom. The van der Waals surface area contributed by atoms with Gasteiger partial charge in [-0.25, -0.2) is 4.68 Å². The molecule has 0 bridgehead atoms. The molecule has 1 rings (SSSR count). The molecular weight excluding hydrogens is 369 g/mol. The summed E-state index contributed by atoms with van der Waals surface area (Å²) in [6.07, 6.45) is -3.57. The zero-order valence-electron chi connectivity index (χ0n) is 12.1. The molecule has 1 heterocycles. The van der Waals surface area contributed by atoms with E-state index < -0.39 is 31.3 Å². The van der Waals surface area contributed by atoms with E-state index in [9.17, 15) is 18.0 Å². The van der Waals surface area contributed by atoms with E-state index in [1.807, 2.05) is 0 Å². The molecule has 0 N–H and O–H groups in total. The van der Waals surface area contributed by atoms with Crippen LogP contribution in [0.3, 0.4) is 0 Å². The Bertz CT molecular complexity index is 498. The molecule has 0 saturated heterocycles. The molecule has 1 aromatic rings. The Balaban J connectivity index is 2.76. The van der Waals surface area contributed by atoms with Crippen molar-refractivity contribution >= 4 is 29.8 Å². The summed E-state index contributed by atoms with van der Waals surface area (Å²) in [4.78, 5) is 11.5. The van der Waals surface area contributed by atoms with Crippen LogP contribution in [0.2, 0.25) is 25.7 Å². The van der Waals surface area contributed by atoms with Crippen LogP contribution in [0.1, 0.15) is 16.1 Å². The van der Waals surface area contributed by atoms with Crippen LogP contribution in [0.5, 0.6) is 0 Å². The van der Waals surface area contributed by atoms with Crippen molar-refractivity contribution in [1.29, 1.82) is 0 Å². The Morgan fingerprint density at radius 2 is 2.05 bits per heavy atom. The minimum absolute atomic E-state index is 0.0941. The van der Waals surface area contributed by atoms with Gasteiger partial charge in [-0.2, -0.15) is 18.3 Å². The van der Waals surface area contributed by atoms with Gasteiger partial charge in [0.1, 0.15) is 6.73 Å². The lowest BCUT2D eigenvalue weighted by atomic mass is 10.2. The van der Waals surface area contributed by atoms with Crippen molar-refractivity contribution in [3.05, 3.63) is 17.5 Å². The Labute approximate surface area is 130 Å². The van der Waals surface area contributed by atoms with Crippen LogP contribution >= 0.6 is 15.9 Å². The lowest BCUT2D eigenvalue weighted by Gasteiger charge is -2.15. The minimum Gasteiger partial charge on any atom is -0.360 e. The highest BCUT2D eigenvalue weighted by Gasteiger charge is 2.38. The molecule has 0 aliphatic heterocycles. The highest BCUT2D eigenvalue weighted by atomic mass is 79.9. The van der Waals surface area contributed by atoms with E-state index in [-0.39, 0.29) is 12.1 Å². The van der Waals surface area contributed by atoms with Crippen molar-refractivity contribution in [2.75, 3.05) is 11.9 Å². The van der Waals surface area contributed by atoms with Crippen molar-refractivity contribution < 1.29 is 22.7 Å². The van der Waals surface area contributed by atoms with Crippen LogP contribution in [0.15, 0.2) is 6.20 Å². The van der Waals surface area contributed by atoms with E-state index >= 15 is 0 Å². The number of aromatic nitrogens is 2. The molecule has 4 nitrogen and oxygen atoms in total.